The average Bonchev–Trinajstić information content (AvgIpc) is 3.56. The molecular formula is C29H27F2N3O6S. The summed E-state index contributed by atoms with van der Waals surface area (Å²) < 4.78 is 55.9. The summed E-state index contributed by atoms with van der Waals surface area (Å²) in [5.41, 5.74) is -0.00954. The monoisotopic (exact) mass is 583 g/mol. The van der Waals surface area contributed by atoms with Gasteiger partial charge in [-0.15, -0.1) is 0 Å². The fourth-order valence-electron chi connectivity index (χ4n) is 5.66. The van der Waals surface area contributed by atoms with Gasteiger partial charge < -0.3 is 15.7 Å². The maximum absolute atomic E-state index is 13.9. The number of anilines is 1. The molecule has 0 aromatic heterocycles. The van der Waals surface area contributed by atoms with Crippen LogP contribution in [0.2, 0.25) is 0 Å². The molecule has 2 aliphatic rings. The van der Waals surface area contributed by atoms with Crippen molar-refractivity contribution in [1.82, 2.24) is 9.62 Å². The summed E-state index contributed by atoms with van der Waals surface area (Å²) in [6.45, 7) is 0. The highest BCUT2D eigenvalue weighted by Crippen LogP contribution is 2.45. The number of nitrogens with one attached hydrogen (secondary N) is 2. The maximum atomic E-state index is 13.9. The highest BCUT2D eigenvalue weighted by Gasteiger charge is 2.54. The molecule has 2 unspecified atom stereocenters. The van der Waals surface area contributed by atoms with Crippen LogP contribution in [0.3, 0.4) is 0 Å². The van der Waals surface area contributed by atoms with Crippen molar-refractivity contribution in [3.63, 3.8) is 0 Å². The molecule has 3 aromatic rings. The Morgan fingerprint density at radius 1 is 0.927 bits per heavy atom. The van der Waals surface area contributed by atoms with E-state index in [1.54, 1.807) is 18.2 Å². The van der Waals surface area contributed by atoms with Crippen molar-refractivity contribution in [2.45, 2.75) is 48.7 Å². The van der Waals surface area contributed by atoms with Crippen molar-refractivity contribution >= 4 is 33.5 Å². The number of amides is 2. The van der Waals surface area contributed by atoms with Crippen molar-refractivity contribution in [3.05, 3.63) is 95.6 Å². The van der Waals surface area contributed by atoms with Gasteiger partial charge in [0.15, 0.2) is 0 Å². The van der Waals surface area contributed by atoms with Gasteiger partial charge in [-0.2, -0.15) is 4.31 Å². The molecule has 1 heterocycles. The van der Waals surface area contributed by atoms with E-state index in [4.69, 9.17) is 0 Å². The number of sulfonamides is 1. The van der Waals surface area contributed by atoms with E-state index in [0.29, 0.717) is 24.8 Å². The molecule has 2 amide bonds. The molecule has 1 aliphatic carbocycles. The van der Waals surface area contributed by atoms with Crippen LogP contribution in [0.1, 0.15) is 35.2 Å². The normalized spacial score (nSPS) is 20.9. The first-order valence-electron chi connectivity index (χ1n) is 13.0. The van der Waals surface area contributed by atoms with Crippen LogP contribution in [-0.2, 0) is 26.0 Å². The van der Waals surface area contributed by atoms with Gasteiger partial charge in [0.05, 0.1) is 4.90 Å². The largest absolute Gasteiger partial charge is 0.480 e. The number of piperidine rings is 1. The molecule has 4 atom stereocenters. The third-order valence-corrected chi connectivity index (χ3v) is 9.52. The number of rotatable bonds is 9. The fourth-order valence-corrected chi connectivity index (χ4v) is 7.55. The number of fused-ring (bicyclic) bond motifs is 2. The quantitative estimate of drug-likeness (QED) is 0.353. The zero-order valence-corrected chi connectivity index (χ0v) is 22.5. The lowest BCUT2D eigenvalue weighted by Crippen LogP contribution is -2.55. The highest BCUT2D eigenvalue weighted by atomic mass is 32.2. The van der Waals surface area contributed by atoms with Crippen LogP contribution in [0.4, 0.5) is 14.5 Å². The Bertz CT molecular complexity index is 1560. The molecule has 2 fully saturated rings. The maximum Gasteiger partial charge on any atom is 0.326 e. The second-order valence-corrected chi connectivity index (χ2v) is 12.0. The van der Waals surface area contributed by atoms with Gasteiger partial charge >= 0.3 is 5.97 Å². The van der Waals surface area contributed by atoms with Crippen LogP contribution in [-0.4, -0.2) is 53.7 Å². The summed E-state index contributed by atoms with van der Waals surface area (Å²) in [6, 6.07) is 14.1. The van der Waals surface area contributed by atoms with Crippen LogP contribution in [0.25, 0.3) is 0 Å². The van der Waals surface area contributed by atoms with E-state index in [1.807, 2.05) is 0 Å². The molecule has 9 nitrogen and oxygen atoms in total. The second-order valence-electron chi connectivity index (χ2n) is 10.2. The van der Waals surface area contributed by atoms with Gasteiger partial charge in [-0.25, -0.2) is 22.0 Å². The van der Waals surface area contributed by atoms with Gasteiger partial charge in [-0.3, -0.25) is 9.59 Å². The summed E-state index contributed by atoms with van der Waals surface area (Å²) in [5.74, 6) is -5.18. The van der Waals surface area contributed by atoms with Gasteiger partial charge in [0.25, 0.3) is 5.91 Å². The molecule has 1 saturated carbocycles. The van der Waals surface area contributed by atoms with E-state index in [0.717, 1.165) is 18.2 Å². The molecular weight excluding hydrogens is 556 g/mol. The van der Waals surface area contributed by atoms with Gasteiger partial charge in [-0.1, -0.05) is 36.4 Å². The summed E-state index contributed by atoms with van der Waals surface area (Å²) in [5, 5.41) is 14.8. The number of carbonyl (C=O) groups is 3. The van der Waals surface area contributed by atoms with Crippen molar-refractivity contribution in [3.8, 4) is 0 Å². The number of carbonyl (C=O) groups excluding carboxylic acids is 2. The minimum atomic E-state index is -3.98. The molecule has 1 saturated heterocycles. The van der Waals surface area contributed by atoms with Crippen LogP contribution in [0, 0.1) is 17.6 Å². The molecule has 1 aliphatic heterocycles. The number of carboxylic acids is 1. The van der Waals surface area contributed by atoms with E-state index in [-0.39, 0.29) is 29.0 Å². The number of hydrogen-bond donors (Lipinski definition) is 3. The molecule has 12 heteroatoms. The Kier molecular flexibility index (Phi) is 7.87. The summed E-state index contributed by atoms with van der Waals surface area (Å²) in [6.07, 6.45) is 1.72. The van der Waals surface area contributed by atoms with Crippen molar-refractivity contribution in [2.24, 2.45) is 5.92 Å². The minimum absolute atomic E-state index is 0.0741. The van der Waals surface area contributed by atoms with E-state index < -0.39 is 57.1 Å². The van der Waals surface area contributed by atoms with Crippen molar-refractivity contribution in [1.29, 1.82) is 0 Å². The lowest BCUT2D eigenvalue weighted by molar-refractivity contribution is -0.142. The van der Waals surface area contributed by atoms with E-state index in [2.05, 4.69) is 10.6 Å². The first kappa shape index (κ1) is 28.4. The zero-order chi connectivity index (χ0) is 29.3. The first-order valence-corrected chi connectivity index (χ1v) is 14.5. The van der Waals surface area contributed by atoms with Crippen molar-refractivity contribution < 1.29 is 36.7 Å². The minimum Gasteiger partial charge on any atom is -0.480 e. The molecule has 0 radical (unpaired) electrons. The Labute approximate surface area is 235 Å². The lowest BCUT2D eigenvalue weighted by atomic mass is 9.98. The summed E-state index contributed by atoms with van der Waals surface area (Å²) in [4.78, 5) is 37.9. The molecule has 214 valence electrons. The topological polar surface area (TPSA) is 133 Å². The predicted octanol–water partition coefficient (Wildman–Crippen LogP) is 3.57. The van der Waals surface area contributed by atoms with E-state index in [9.17, 15) is 36.7 Å². The number of hydrogen-bond acceptors (Lipinski definition) is 5. The first-order chi connectivity index (χ1) is 19.6. The molecule has 2 bridgehead atoms. The molecule has 5 rings (SSSR count). The Balaban J connectivity index is 1.28. The van der Waals surface area contributed by atoms with Crippen molar-refractivity contribution in [2.75, 3.05) is 5.32 Å². The smallest absolute Gasteiger partial charge is 0.326 e. The predicted molar refractivity (Wildman–Crippen MR) is 144 cm³/mol. The number of nitrogens with zero attached hydrogens (tertiary/aromatic N) is 1. The van der Waals surface area contributed by atoms with Gasteiger partial charge in [0, 0.05) is 18.2 Å². The van der Waals surface area contributed by atoms with Gasteiger partial charge in [0.1, 0.15) is 29.3 Å². The third-order valence-electron chi connectivity index (χ3n) is 7.57. The number of carboxylic acid groups (broad SMARTS) is 1. The molecule has 3 aromatic carbocycles. The standard InChI is InChI=1S/C29H27F2N3O6S/c30-22-7-4-8-23(31)25(22)27(35)32-19-12-9-17(10-13-19)15-24(29(37)38)33-28(36)26-18-11-14-20(16-18)34(26)41(39,40)21-5-2-1-3-6-21/h1-10,12-13,18,20,24,26H,11,14-16H2,(H,32,35)(H,33,36)(H,37,38)/t18?,20?,24-,26-/m0/s1. The average molecular weight is 584 g/mol. The van der Waals surface area contributed by atoms with E-state index in [1.165, 1.54) is 40.7 Å². The Morgan fingerprint density at radius 3 is 2.22 bits per heavy atom. The van der Waals surface area contributed by atoms with Crippen LogP contribution >= 0.6 is 0 Å². The fraction of sp³-hybridized carbons (Fsp3) is 0.276. The number of aliphatic carboxylic acids is 1. The number of halogens is 2. The highest BCUT2D eigenvalue weighted by molar-refractivity contribution is 7.89. The molecule has 0 spiro atoms. The van der Waals surface area contributed by atoms with Crippen LogP contribution in [0.15, 0.2) is 77.7 Å². The van der Waals surface area contributed by atoms with Crippen LogP contribution < -0.4 is 10.6 Å². The van der Waals surface area contributed by atoms with E-state index >= 15 is 0 Å². The number of benzene rings is 3. The SMILES string of the molecule is O=C(Nc1ccc(C[C@H](NC(=O)[C@@H]2C3CCC(C3)N2S(=O)(=O)c2ccccc2)C(=O)O)cc1)c1c(F)cccc1F. The zero-order valence-electron chi connectivity index (χ0n) is 21.7. The summed E-state index contributed by atoms with van der Waals surface area (Å²) in [7, 11) is -3.98. The summed E-state index contributed by atoms with van der Waals surface area (Å²) >= 11 is 0. The van der Waals surface area contributed by atoms with Gasteiger partial charge in [-0.05, 0) is 67.1 Å². The Morgan fingerprint density at radius 2 is 1.59 bits per heavy atom. The Hall–Kier alpha value is -4.16. The second kappa shape index (κ2) is 11.4. The lowest BCUT2D eigenvalue weighted by Gasteiger charge is -2.34. The molecule has 3 N–H and O–H groups in total. The van der Waals surface area contributed by atoms with Gasteiger partial charge in [0.2, 0.25) is 15.9 Å². The third kappa shape index (κ3) is 5.70. The molecule has 41 heavy (non-hydrogen) atoms. The van der Waals surface area contributed by atoms with Crippen LogP contribution in [0.5, 0.6) is 0 Å².